The van der Waals surface area contributed by atoms with Crippen LogP contribution in [-0.4, -0.2) is 24.0 Å². The van der Waals surface area contributed by atoms with E-state index in [4.69, 9.17) is 22.1 Å². The molecule has 6 nitrogen and oxygen atoms in total. The summed E-state index contributed by atoms with van der Waals surface area (Å²) in [6.45, 7) is 1.24. The van der Waals surface area contributed by atoms with Crippen LogP contribution >= 0.6 is 11.6 Å². The summed E-state index contributed by atoms with van der Waals surface area (Å²) in [5, 5.41) is 1.61. The van der Waals surface area contributed by atoms with E-state index in [-0.39, 0.29) is 10.6 Å². The molecule has 1 aromatic carbocycles. The van der Waals surface area contributed by atoms with E-state index >= 15 is 0 Å². The predicted octanol–water partition coefficient (Wildman–Crippen LogP) is 1.22. The van der Waals surface area contributed by atoms with Crippen molar-refractivity contribution in [2.24, 2.45) is 5.73 Å². The Morgan fingerprint density at radius 3 is 2.58 bits per heavy atom. The second kappa shape index (κ2) is 6.14. The highest BCUT2D eigenvalue weighted by molar-refractivity contribution is 6.33. The normalized spacial score (nSPS) is 11.5. The number of ether oxygens (including phenoxy) is 1. The Kier molecular flexibility index (Phi) is 4.82. The smallest absolute Gasteiger partial charge is 0.340 e. The lowest BCUT2D eigenvalue weighted by Crippen LogP contribution is -2.42. The van der Waals surface area contributed by atoms with Crippen LogP contribution in [0.15, 0.2) is 18.2 Å². The van der Waals surface area contributed by atoms with Gasteiger partial charge >= 0.3 is 12.0 Å². The van der Waals surface area contributed by atoms with E-state index in [2.05, 4.69) is 0 Å². The van der Waals surface area contributed by atoms with Crippen molar-refractivity contribution in [3.8, 4) is 0 Å². The third-order valence-corrected chi connectivity index (χ3v) is 2.36. The third-order valence-electron chi connectivity index (χ3n) is 2.05. The Labute approximate surface area is 112 Å². The molecule has 3 N–H and O–H groups in total. The summed E-state index contributed by atoms with van der Waals surface area (Å²) >= 11 is 5.66. The van der Waals surface area contributed by atoms with Gasteiger partial charge in [-0.1, -0.05) is 11.6 Å². The molecule has 1 atom stereocenters. The highest BCUT2D eigenvalue weighted by Crippen LogP contribution is 2.18. The number of benzene rings is 1. The fraction of sp³-hybridized carbons (Fsp3) is 0.182. The van der Waals surface area contributed by atoms with Crippen LogP contribution in [0.4, 0.5) is 9.18 Å². The number of primary amides is 1. The molecule has 1 aromatic rings. The zero-order valence-corrected chi connectivity index (χ0v) is 10.5. The Morgan fingerprint density at radius 1 is 1.42 bits per heavy atom. The highest BCUT2D eigenvalue weighted by Gasteiger charge is 2.21. The monoisotopic (exact) mass is 288 g/mol. The van der Waals surface area contributed by atoms with Crippen LogP contribution in [0, 0.1) is 5.82 Å². The summed E-state index contributed by atoms with van der Waals surface area (Å²) in [4.78, 5) is 33.4. The number of rotatable bonds is 3. The molecule has 0 unspecified atom stereocenters. The molecule has 0 aliphatic heterocycles. The van der Waals surface area contributed by atoms with Gasteiger partial charge in [-0.2, -0.15) is 0 Å². The van der Waals surface area contributed by atoms with Gasteiger partial charge in [0, 0.05) is 0 Å². The molecule has 0 heterocycles. The van der Waals surface area contributed by atoms with Crippen LogP contribution < -0.4 is 11.1 Å². The molecule has 3 amide bonds. The summed E-state index contributed by atoms with van der Waals surface area (Å²) in [7, 11) is 0. The molecule has 0 saturated heterocycles. The lowest BCUT2D eigenvalue weighted by atomic mass is 10.2. The minimum atomic E-state index is -1.25. The predicted molar refractivity (Wildman–Crippen MR) is 64.0 cm³/mol. The Bertz CT molecular complexity index is 535. The number of hydrogen-bond acceptors (Lipinski definition) is 4. The van der Waals surface area contributed by atoms with Crippen LogP contribution in [0.25, 0.3) is 0 Å². The number of carbonyl (C=O) groups excluding carboxylic acids is 3. The van der Waals surface area contributed by atoms with Crippen molar-refractivity contribution in [2.75, 3.05) is 0 Å². The van der Waals surface area contributed by atoms with Crippen LogP contribution in [0.2, 0.25) is 5.02 Å². The minimum Gasteiger partial charge on any atom is -0.449 e. The van der Waals surface area contributed by atoms with Crippen molar-refractivity contribution in [1.82, 2.24) is 5.32 Å². The van der Waals surface area contributed by atoms with Gasteiger partial charge in [0.25, 0.3) is 5.91 Å². The number of halogens is 2. The molecule has 19 heavy (non-hydrogen) atoms. The number of nitrogens with one attached hydrogen (secondary N) is 1. The first kappa shape index (κ1) is 14.9. The van der Waals surface area contributed by atoms with Crippen LogP contribution in [0.3, 0.4) is 0 Å². The molecule has 0 bridgehead atoms. The summed E-state index contributed by atoms with van der Waals surface area (Å²) < 4.78 is 17.5. The Morgan fingerprint density at radius 2 is 2.05 bits per heavy atom. The van der Waals surface area contributed by atoms with Gasteiger partial charge in [-0.3, -0.25) is 10.1 Å². The van der Waals surface area contributed by atoms with E-state index in [1.54, 1.807) is 5.32 Å². The van der Waals surface area contributed by atoms with Crippen molar-refractivity contribution >= 4 is 29.5 Å². The van der Waals surface area contributed by atoms with Gasteiger partial charge in [0.15, 0.2) is 6.10 Å². The van der Waals surface area contributed by atoms with Gasteiger partial charge in [-0.05, 0) is 25.1 Å². The number of amides is 3. The molecular weight excluding hydrogens is 279 g/mol. The summed E-state index contributed by atoms with van der Waals surface area (Å²) in [6.07, 6.45) is -1.25. The Hall–Kier alpha value is -2.15. The molecule has 1 rings (SSSR count). The zero-order chi connectivity index (χ0) is 14.6. The standard InChI is InChI=1S/C11H10ClFN2O4/c1-5(9(16)15-11(14)18)19-10(17)7-3-2-6(13)4-8(7)12/h2-5H,1H3,(H3,14,15,16,18)/t5-/m1/s1. The van der Waals surface area contributed by atoms with Crippen molar-refractivity contribution in [1.29, 1.82) is 0 Å². The van der Waals surface area contributed by atoms with E-state index in [9.17, 15) is 18.8 Å². The van der Waals surface area contributed by atoms with Gasteiger partial charge in [0.2, 0.25) is 0 Å². The average molecular weight is 289 g/mol. The molecule has 0 radical (unpaired) electrons. The fourth-order valence-electron chi connectivity index (χ4n) is 1.16. The molecule has 0 saturated carbocycles. The lowest BCUT2D eigenvalue weighted by Gasteiger charge is -2.12. The molecule has 102 valence electrons. The fourth-order valence-corrected chi connectivity index (χ4v) is 1.40. The van der Waals surface area contributed by atoms with Gasteiger partial charge < -0.3 is 10.5 Å². The second-order valence-electron chi connectivity index (χ2n) is 3.53. The molecule has 8 heteroatoms. The van der Waals surface area contributed by atoms with Crippen molar-refractivity contribution in [2.45, 2.75) is 13.0 Å². The average Bonchev–Trinajstić information content (AvgIpc) is 2.27. The van der Waals surface area contributed by atoms with Crippen molar-refractivity contribution < 1.29 is 23.5 Å². The third kappa shape index (κ3) is 4.22. The minimum absolute atomic E-state index is 0.0956. The highest BCUT2D eigenvalue weighted by atomic mass is 35.5. The molecule has 0 aromatic heterocycles. The maximum Gasteiger partial charge on any atom is 0.340 e. The van der Waals surface area contributed by atoms with E-state index < -0.39 is 29.8 Å². The van der Waals surface area contributed by atoms with Crippen LogP contribution in [-0.2, 0) is 9.53 Å². The molecule has 0 spiro atoms. The summed E-state index contributed by atoms with van der Waals surface area (Å²) in [5.74, 6) is -2.41. The first-order valence-corrected chi connectivity index (χ1v) is 5.45. The number of nitrogens with two attached hydrogens (primary N) is 1. The molecule has 0 fully saturated rings. The van der Waals surface area contributed by atoms with E-state index in [0.717, 1.165) is 18.2 Å². The topological polar surface area (TPSA) is 98.5 Å². The first-order valence-electron chi connectivity index (χ1n) is 5.07. The number of carbonyl (C=O) groups is 3. The number of hydrogen-bond donors (Lipinski definition) is 2. The van der Waals surface area contributed by atoms with Gasteiger partial charge in [-0.15, -0.1) is 0 Å². The summed E-state index contributed by atoms with van der Waals surface area (Å²) in [6, 6.07) is 2.02. The largest absolute Gasteiger partial charge is 0.449 e. The lowest BCUT2D eigenvalue weighted by molar-refractivity contribution is -0.127. The summed E-state index contributed by atoms with van der Waals surface area (Å²) in [5.41, 5.74) is 4.64. The zero-order valence-electron chi connectivity index (χ0n) is 9.78. The van der Waals surface area contributed by atoms with Crippen molar-refractivity contribution in [3.63, 3.8) is 0 Å². The van der Waals surface area contributed by atoms with Crippen molar-refractivity contribution in [3.05, 3.63) is 34.6 Å². The number of imide groups is 1. The molecule has 0 aliphatic carbocycles. The quantitative estimate of drug-likeness (QED) is 0.817. The van der Waals surface area contributed by atoms with Gasteiger partial charge in [0.05, 0.1) is 10.6 Å². The van der Waals surface area contributed by atoms with Crippen LogP contribution in [0.5, 0.6) is 0 Å². The Balaban J connectivity index is 2.74. The second-order valence-corrected chi connectivity index (χ2v) is 3.93. The SMILES string of the molecule is C[C@@H](OC(=O)c1ccc(F)cc1Cl)C(=O)NC(N)=O. The van der Waals surface area contributed by atoms with E-state index in [1.807, 2.05) is 0 Å². The van der Waals surface area contributed by atoms with E-state index in [1.165, 1.54) is 6.92 Å². The molecular formula is C11H10ClFN2O4. The van der Waals surface area contributed by atoms with Gasteiger partial charge in [-0.25, -0.2) is 14.0 Å². The van der Waals surface area contributed by atoms with E-state index in [0.29, 0.717) is 0 Å². The molecule has 0 aliphatic rings. The number of esters is 1. The maximum absolute atomic E-state index is 12.8. The maximum atomic E-state index is 12.8. The van der Waals surface area contributed by atoms with Crippen LogP contribution in [0.1, 0.15) is 17.3 Å². The first-order chi connectivity index (χ1) is 8.81. The number of urea groups is 1. The van der Waals surface area contributed by atoms with Gasteiger partial charge in [0.1, 0.15) is 5.82 Å².